The fourth-order valence-electron chi connectivity index (χ4n) is 1.76. The lowest BCUT2D eigenvalue weighted by molar-refractivity contribution is -0.127. The number of benzene rings is 2. The van der Waals surface area contributed by atoms with Crippen LogP contribution in [0, 0.1) is 6.92 Å². The van der Waals surface area contributed by atoms with Gasteiger partial charge in [-0.25, -0.2) is 5.43 Å². The van der Waals surface area contributed by atoms with Gasteiger partial charge in [0.25, 0.3) is 5.91 Å². The molecule has 0 heterocycles. The maximum Gasteiger partial charge on any atom is 0.280 e. The molecule has 6 heteroatoms. The maximum atomic E-state index is 12.0. The Balaban J connectivity index is 1.89. The van der Waals surface area contributed by atoms with Crippen LogP contribution in [0.5, 0.6) is 5.75 Å². The normalized spacial score (nSPS) is 12.2. The van der Waals surface area contributed by atoms with E-state index in [9.17, 15) is 4.79 Å². The van der Waals surface area contributed by atoms with Crippen molar-refractivity contribution in [1.29, 1.82) is 0 Å². The molecule has 2 aromatic carbocycles. The van der Waals surface area contributed by atoms with Crippen molar-refractivity contribution in [3.8, 4) is 5.75 Å². The van der Waals surface area contributed by atoms with Crippen LogP contribution in [0.15, 0.2) is 52.0 Å². The lowest BCUT2D eigenvalue weighted by atomic mass is 10.2. The van der Waals surface area contributed by atoms with E-state index in [0.717, 1.165) is 15.6 Å². The van der Waals surface area contributed by atoms with Gasteiger partial charge in [0, 0.05) is 9.50 Å². The van der Waals surface area contributed by atoms with E-state index < -0.39 is 6.10 Å². The number of hydrogen-bond acceptors (Lipinski definition) is 3. The van der Waals surface area contributed by atoms with E-state index in [1.54, 1.807) is 31.3 Å². The van der Waals surface area contributed by atoms with E-state index in [2.05, 4.69) is 26.5 Å². The monoisotopic (exact) mass is 394 g/mol. The summed E-state index contributed by atoms with van der Waals surface area (Å²) in [4.78, 5) is 12.0. The van der Waals surface area contributed by atoms with Gasteiger partial charge in [-0.05, 0) is 55.3 Å². The lowest BCUT2D eigenvalue weighted by Gasteiger charge is -2.13. The molecule has 0 aliphatic heterocycles. The standard InChI is InChI=1S/C17H16BrClN2O2/c1-11-9-15(7-8-16(11)19)23-12(2)17(22)21-20-10-13-3-5-14(18)6-4-13/h3-10,12H,1-2H3,(H,21,22)/b20-10-/t12-/m1/s1. The fraction of sp³-hybridized carbons (Fsp3) is 0.176. The van der Waals surface area contributed by atoms with Gasteiger partial charge in [-0.2, -0.15) is 5.10 Å². The van der Waals surface area contributed by atoms with Crippen molar-refractivity contribution >= 4 is 39.7 Å². The lowest BCUT2D eigenvalue weighted by Crippen LogP contribution is -2.33. The second-order valence-corrected chi connectivity index (χ2v) is 6.28. The van der Waals surface area contributed by atoms with Crippen LogP contribution in [-0.2, 0) is 4.79 Å². The summed E-state index contributed by atoms with van der Waals surface area (Å²) in [6.45, 7) is 3.54. The van der Waals surface area contributed by atoms with Gasteiger partial charge in [0.2, 0.25) is 0 Å². The molecule has 1 N–H and O–H groups in total. The molecule has 4 nitrogen and oxygen atoms in total. The van der Waals surface area contributed by atoms with E-state index >= 15 is 0 Å². The van der Waals surface area contributed by atoms with Gasteiger partial charge in [-0.15, -0.1) is 0 Å². The molecule has 0 saturated carbocycles. The highest BCUT2D eigenvalue weighted by Gasteiger charge is 2.14. The minimum atomic E-state index is -0.669. The first-order valence-electron chi connectivity index (χ1n) is 6.97. The van der Waals surface area contributed by atoms with E-state index in [4.69, 9.17) is 16.3 Å². The van der Waals surface area contributed by atoms with Crippen LogP contribution in [0.25, 0.3) is 0 Å². The van der Waals surface area contributed by atoms with Crippen molar-refractivity contribution in [2.75, 3.05) is 0 Å². The number of rotatable bonds is 5. The Hall–Kier alpha value is -1.85. The third-order valence-electron chi connectivity index (χ3n) is 3.07. The highest BCUT2D eigenvalue weighted by Crippen LogP contribution is 2.21. The average molecular weight is 396 g/mol. The van der Waals surface area contributed by atoms with Crippen LogP contribution in [-0.4, -0.2) is 18.2 Å². The zero-order valence-corrected chi connectivity index (χ0v) is 15.1. The average Bonchev–Trinajstić information content (AvgIpc) is 2.52. The Morgan fingerprint density at radius 2 is 2.00 bits per heavy atom. The summed E-state index contributed by atoms with van der Waals surface area (Å²) in [5.74, 6) is 0.261. The molecule has 2 rings (SSSR count). The number of nitrogens with one attached hydrogen (secondary N) is 1. The van der Waals surface area contributed by atoms with E-state index in [1.807, 2.05) is 31.2 Å². The number of aryl methyl sites for hydroxylation is 1. The smallest absolute Gasteiger partial charge is 0.280 e. The number of amides is 1. The highest BCUT2D eigenvalue weighted by atomic mass is 79.9. The predicted octanol–water partition coefficient (Wildman–Crippen LogP) is 4.33. The molecule has 0 spiro atoms. The van der Waals surface area contributed by atoms with E-state index in [-0.39, 0.29) is 5.91 Å². The zero-order valence-electron chi connectivity index (χ0n) is 12.7. The summed E-state index contributed by atoms with van der Waals surface area (Å²) < 4.78 is 6.56. The van der Waals surface area contributed by atoms with Crippen LogP contribution in [0.1, 0.15) is 18.1 Å². The Kier molecular flexibility index (Phi) is 6.19. The molecule has 0 saturated heterocycles. The number of hydrogen-bond donors (Lipinski definition) is 1. The topological polar surface area (TPSA) is 50.7 Å². The summed E-state index contributed by atoms with van der Waals surface area (Å²) in [5, 5.41) is 4.59. The van der Waals surface area contributed by atoms with Crippen molar-refractivity contribution in [2.45, 2.75) is 20.0 Å². The molecule has 0 aliphatic rings. The Morgan fingerprint density at radius 1 is 1.30 bits per heavy atom. The third-order valence-corrected chi connectivity index (χ3v) is 4.02. The van der Waals surface area contributed by atoms with Crippen LogP contribution >= 0.6 is 27.5 Å². The zero-order chi connectivity index (χ0) is 16.8. The van der Waals surface area contributed by atoms with Crippen LogP contribution in [0.2, 0.25) is 5.02 Å². The van der Waals surface area contributed by atoms with E-state index in [0.29, 0.717) is 10.8 Å². The second-order valence-electron chi connectivity index (χ2n) is 4.96. The first kappa shape index (κ1) is 17.5. The van der Waals surface area contributed by atoms with Gasteiger partial charge in [0.05, 0.1) is 6.21 Å². The molecule has 2 aromatic rings. The molecule has 0 bridgehead atoms. The van der Waals surface area contributed by atoms with Gasteiger partial charge in [0.15, 0.2) is 6.10 Å². The minimum Gasteiger partial charge on any atom is -0.481 e. The summed E-state index contributed by atoms with van der Waals surface area (Å²) in [6.07, 6.45) is 0.904. The molecular formula is C17H16BrClN2O2. The van der Waals surface area contributed by atoms with Crippen molar-refractivity contribution in [1.82, 2.24) is 5.43 Å². The largest absolute Gasteiger partial charge is 0.481 e. The molecule has 23 heavy (non-hydrogen) atoms. The number of hydrazone groups is 1. The van der Waals surface area contributed by atoms with Crippen molar-refractivity contribution < 1.29 is 9.53 Å². The summed E-state index contributed by atoms with van der Waals surface area (Å²) in [7, 11) is 0. The molecule has 0 radical (unpaired) electrons. The summed E-state index contributed by atoms with van der Waals surface area (Å²) >= 11 is 9.32. The summed E-state index contributed by atoms with van der Waals surface area (Å²) in [6, 6.07) is 12.8. The molecular weight excluding hydrogens is 380 g/mol. The van der Waals surface area contributed by atoms with Gasteiger partial charge in [-0.3, -0.25) is 4.79 Å². The van der Waals surface area contributed by atoms with Gasteiger partial charge >= 0.3 is 0 Å². The van der Waals surface area contributed by atoms with Crippen LogP contribution in [0.4, 0.5) is 0 Å². The van der Waals surface area contributed by atoms with Crippen molar-refractivity contribution in [3.05, 3.63) is 63.1 Å². The molecule has 0 aliphatic carbocycles. The molecule has 1 atom stereocenters. The van der Waals surface area contributed by atoms with Gasteiger partial charge in [-0.1, -0.05) is 39.7 Å². The molecule has 1 amide bonds. The predicted molar refractivity (Wildman–Crippen MR) is 96.2 cm³/mol. The molecule has 0 fully saturated rings. The maximum absolute atomic E-state index is 12.0. The van der Waals surface area contributed by atoms with Gasteiger partial charge in [0.1, 0.15) is 5.75 Å². The Bertz CT molecular complexity index is 717. The van der Waals surface area contributed by atoms with Crippen molar-refractivity contribution in [3.63, 3.8) is 0 Å². The number of nitrogens with zero attached hydrogens (tertiary/aromatic N) is 1. The number of halogens is 2. The number of ether oxygens (including phenoxy) is 1. The quantitative estimate of drug-likeness (QED) is 0.605. The Labute approximate surface area is 148 Å². The molecule has 120 valence electrons. The Morgan fingerprint density at radius 3 is 2.65 bits per heavy atom. The van der Waals surface area contributed by atoms with Crippen molar-refractivity contribution in [2.24, 2.45) is 5.10 Å². The van der Waals surface area contributed by atoms with Gasteiger partial charge < -0.3 is 4.74 Å². The first-order chi connectivity index (χ1) is 11.0. The van der Waals surface area contributed by atoms with Crippen LogP contribution < -0.4 is 10.2 Å². The second kappa shape index (κ2) is 8.13. The fourth-order valence-corrected chi connectivity index (χ4v) is 2.14. The SMILES string of the molecule is Cc1cc(O[C@H](C)C(=O)N/N=C\c2ccc(Br)cc2)ccc1Cl. The number of carbonyl (C=O) groups is 1. The minimum absolute atomic E-state index is 0.328. The molecule has 0 aromatic heterocycles. The summed E-state index contributed by atoms with van der Waals surface area (Å²) in [5.41, 5.74) is 4.24. The highest BCUT2D eigenvalue weighted by molar-refractivity contribution is 9.10. The number of carbonyl (C=O) groups excluding carboxylic acids is 1. The third kappa shape index (κ3) is 5.37. The molecule has 0 unspecified atom stereocenters. The van der Waals surface area contributed by atoms with Crippen LogP contribution in [0.3, 0.4) is 0 Å². The first-order valence-corrected chi connectivity index (χ1v) is 8.14. The van der Waals surface area contributed by atoms with E-state index in [1.165, 1.54) is 0 Å².